The first-order valence-electron chi connectivity index (χ1n) is 11.8. The number of rotatable bonds is 12. The van der Waals surface area contributed by atoms with E-state index in [1.54, 1.807) is 25.3 Å². The van der Waals surface area contributed by atoms with Crippen LogP contribution in [0.3, 0.4) is 0 Å². The standard InChI is InChI=1S/C28H28N4O4S/c1-36-25-10-5-9-22(19-25)27(20-24(33)14-11-21-7-3-2-4-8-21)31-23-12-15-26(16-13-23)37(34,35)32-28-29-17-6-18-30-28/h2-10,12-13,15-19,27,31H,11,14,20H2,1H3,(H,29,30,32). The first kappa shape index (κ1) is 25.8. The molecule has 0 bridgehead atoms. The molecule has 0 aliphatic carbocycles. The molecule has 9 heteroatoms. The minimum absolute atomic E-state index is 0.00296. The van der Waals surface area contributed by atoms with E-state index in [0.717, 1.165) is 11.1 Å². The Kier molecular flexibility index (Phi) is 8.48. The van der Waals surface area contributed by atoms with Crippen molar-refractivity contribution in [3.8, 4) is 5.75 Å². The first-order chi connectivity index (χ1) is 17.9. The smallest absolute Gasteiger partial charge is 0.264 e. The van der Waals surface area contributed by atoms with Gasteiger partial charge in [-0.3, -0.25) is 4.79 Å². The Labute approximate surface area is 216 Å². The van der Waals surface area contributed by atoms with E-state index in [9.17, 15) is 13.2 Å². The van der Waals surface area contributed by atoms with Gasteiger partial charge in [0.1, 0.15) is 11.5 Å². The average molecular weight is 517 g/mol. The van der Waals surface area contributed by atoms with E-state index in [-0.39, 0.29) is 29.1 Å². The summed E-state index contributed by atoms with van der Waals surface area (Å²) in [6.45, 7) is 0. The normalized spacial score (nSPS) is 11.9. The fourth-order valence-electron chi connectivity index (χ4n) is 3.83. The highest BCUT2D eigenvalue weighted by atomic mass is 32.2. The molecule has 0 aliphatic heterocycles. The molecule has 2 N–H and O–H groups in total. The lowest BCUT2D eigenvalue weighted by atomic mass is 9.97. The molecule has 0 amide bonds. The van der Waals surface area contributed by atoms with E-state index in [2.05, 4.69) is 20.0 Å². The molecule has 190 valence electrons. The fourth-order valence-corrected chi connectivity index (χ4v) is 4.79. The maximum absolute atomic E-state index is 12.9. The average Bonchev–Trinajstić information content (AvgIpc) is 2.93. The number of aromatic nitrogens is 2. The summed E-state index contributed by atoms with van der Waals surface area (Å²) < 4.78 is 33.1. The number of aryl methyl sites for hydroxylation is 1. The molecule has 0 spiro atoms. The Hall–Kier alpha value is -4.24. The number of nitrogens with zero attached hydrogens (tertiary/aromatic N) is 2. The topological polar surface area (TPSA) is 110 Å². The third-order valence-electron chi connectivity index (χ3n) is 5.76. The third-order valence-corrected chi connectivity index (χ3v) is 7.10. The molecule has 3 aromatic carbocycles. The number of hydrogen-bond donors (Lipinski definition) is 2. The van der Waals surface area contributed by atoms with Crippen molar-refractivity contribution >= 4 is 27.4 Å². The summed E-state index contributed by atoms with van der Waals surface area (Å²) >= 11 is 0. The summed E-state index contributed by atoms with van der Waals surface area (Å²) in [5.41, 5.74) is 2.69. The largest absolute Gasteiger partial charge is 0.497 e. The highest BCUT2D eigenvalue weighted by Gasteiger charge is 2.19. The van der Waals surface area contributed by atoms with Crippen LogP contribution in [0.15, 0.2) is 102 Å². The van der Waals surface area contributed by atoms with Crippen molar-refractivity contribution in [2.75, 3.05) is 17.1 Å². The summed E-state index contributed by atoms with van der Waals surface area (Å²) in [6.07, 6.45) is 4.29. The number of Topliss-reactive ketones (excluding diaryl/α,β-unsaturated/α-hetero) is 1. The summed E-state index contributed by atoms with van der Waals surface area (Å²) in [5.74, 6) is 0.809. The van der Waals surface area contributed by atoms with Gasteiger partial charge in [-0.05, 0) is 60.0 Å². The van der Waals surface area contributed by atoms with Crippen molar-refractivity contribution in [3.05, 3.63) is 108 Å². The number of carbonyl (C=O) groups is 1. The zero-order valence-corrected chi connectivity index (χ0v) is 21.2. The number of hydrogen-bond acceptors (Lipinski definition) is 7. The molecule has 4 aromatic rings. The molecule has 0 saturated heterocycles. The third kappa shape index (κ3) is 7.37. The van der Waals surface area contributed by atoms with E-state index in [0.29, 0.717) is 24.3 Å². The van der Waals surface area contributed by atoms with Crippen LogP contribution in [-0.2, 0) is 21.2 Å². The molecule has 0 radical (unpaired) electrons. The SMILES string of the molecule is COc1cccc(C(CC(=O)CCc2ccccc2)Nc2ccc(S(=O)(=O)Nc3ncccn3)cc2)c1. The Morgan fingerprint density at radius 3 is 2.35 bits per heavy atom. The number of methoxy groups -OCH3 is 1. The van der Waals surface area contributed by atoms with Gasteiger partial charge in [-0.25, -0.2) is 23.1 Å². The predicted molar refractivity (Wildman–Crippen MR) is 143 cm³/mol. The minimum Gasteiger partial charge on any atom is -0.497 e. The van der Waals surface area contributed by atoms with Gasteiger partial charge >= 0.3 is 0 Å². The van der Waals surface area contributed by atoms with Crippen molar-refractivity contribution in [2.45, 2.75) is 30.2 Å². The lowest BCUT2D eigenvalue weighted by molar-refractivity contribution is -0.119. The zero-order valence-electron chi connectivity index (χ0n) is 20.4. The number of ketones is 1. The molecule has 0 aliphatic rings. The van der Waals surface area contributed by atoms with Crippen molar-refractivity contribution in [1.29, 1.82) is 0 Å². The van der Waals surface area contributed by atoms with Crippen LogP contribution in [0.25, 0.3) is 0 Å². The number of nitrogens with one attached hydrogen (secondary N) is 2. The van der Waals surface area contributed by atoms with Gasteiger partial charge in [0.05, 0.1) is 18.0 Å². The van der Waals surface area contributed by atoms with Gasteiger partial charge in [0, 0.05) is 30.9 Å². The van der Waals surface area contributed by atoms with E-state index in [4.69, 9.17) is 4.74 Å². The van der Waals surface area contributed by atoms with Gasteiger partial charge < -0.3 is 10.1 Å². The van der Waals surface area contributed by atoms with E-state index < -0.39 is 10.0 Å². The van der Waals surface area contributed by atoms with Gasteiger partial charge in [0.2, 0.25) is 5.95 Å². The summed E-state index contributed by atoms with van der Waals surface area (Å²) in [4.78, 5) is 20.8. The lowest BCUT2D eigenvalue weighted by Crippen LogP contribution is -2.17. The van der Waals surface area contributed by atoms with E-state index in [1.165, 1.54) is 24.5 Å². The van der Waals surface area contributed by atoms with Gasteiger partial charge in [0.15, 0.2) is 0 Å². The second kappa shape index (κ2) is 12.1. The molecular weight excluding hydrogens is 488 g/mol. The Balaban J connectivity index is 1.49. The maximum Gasteiger partial charge on any atom is 0.264 e. The highest BCUT2D eigenvalue weighted by molar-refractivity contribution is 7.92. The van der Waals surface area contributed by atoms with Gasteiger partial charge in [0.25, 0.3) is 10.0 Å². The number of ether oxygens (including phenoxy) is 1. The van der Waals surface area contributed by atoms with E-state index >= 15 is 0 Å². The van der Waals surface area contributed by atoms with E-state index in [1.807, 2.05) is 54.6 Å². The van der Waals surface area contributed by atoms with Gasteiger partial charge in [-0.1, -0.05) is 42.5 Å². The fraction of sp³-hybridized carbons (Fsp3) is 0.179. The highest BCUT2D eigenvalue weighted by Crippen LogP contribution is 2.27. The van der Waals surface area contributed by atoms with Crippen molar-refractivity contribution in [1.82, 2.24) is 9.97 Å². The van der Waals surface area contributed by atoms with Crippen LogP contribution < -0.4 is 14.8 Å². The zero-order chi connectivity index (χ0) is 26.1. The number of carbonyl (C=O) groups excluding carboxylic acids is 1. The van der Waals surface area contributed by atoms with Gasteiger partial charge in [-0.15, -0.1) is 0 Å². The van der Waals surface area contributed by atoms with Crippen molar-refractivity contribution < 1.29 is 17.9 Å². The van der Waals surface area contributed by atoms with Crippen molar-refractivity contribution in [3.63, 3.8) is 0 Å². The molecular formula is C28H28N4O4S. The minimum atomic E-state index is -3.85. The Morgan fingerprint density at radius 1 is 0.919 bits per heavy atom. The van der Waals surface area contributed by atoms with Crippen LogP contribution >= 0.6 is 0 Å². The molecule has 1 unspecified atom stereocenters. The van der Waals surface area contributed by atoms with Crippen LogP contribution in [0.1, 0.15) is 30.0 Å². The first-order valence-corrected chi connectivity index (χ1v) is 13.3. The molecule has 4 rings (SSSR count). The van der Waals surface area contributed by atoms with Crippen LogP contribution in [-0.4, -0.2) is 31.3 Å². The summed E-state index contributed by atoms with van der Waals surface area (Å²) in [5, 5.41) is 3.39. The van der Waals surface area contributed by atoms with Crippen LogP contribution in [0.5, 0.6) is 5.75 Å². The Bertz CT molecular complexity index is 1410. The predicted octanol–water partition coefficient (Wildman–Crippen LogP) is 5.03. The van der Waals surface area contributed by atoms with Crippen LogP contribution in [0, 0.1) is 0 Å². The summed E-state index contributed by atoms with van der Waals surface area (Å²) in [6, 6.07) is 25.1. The monoisotopic (exact) mass is 516 g/mol. The van der Waals surface area contributed by atoms with Crippen LogP contribution in [0.4, 0.5) is 11.6 Å². The molecule has 37 heavy (non-hydrogen) atoms. The quantitative estimate of drug-likeness (QED) is 0.272. The number of benzene rings is 3. The molecule has 0 fully saturated rings. The molecule has 8 nitrogen and oxygen atoms in total. The number of sulfonamides is 1. The van der Waals surface area contributed by atoms with Crippen molar-refractivity contribution in [2.24, 2.45) is 0 Å². The second-order valence-electron chi connectivity index (χ2n) is 8.40. The molecule has 1 atom stereocenters. The second-order valence-corrected chi connectivity index (χ2v) is 10.1. The Morgan fingerprint density at radius 2 is 1.65 bits per heavy atom. The molecule has 1 heterocycles. The maximum atomic E-state index is 12.9. The molecule has 0 saturated carbocycles. The molecule has 1 aromatic heterocycles. The number of anilines is 2. The van der Waals surface area contributed by atoms with Crippen LogP contribution in [0.2, 0.25) is 0 Å². The summed E-state index contributed by atoms with van der Waals surface area (Å²) in [7, 11) is -2.25. The van der Waals surface area contributed by atoms with Gasteiger partial charge in [-0.2, -0.15) is 0 Å². The lowest BCUT2D eigenvalue weighted by Gasteiger charge is -2.21.